The molecule has 0 saturated carbocycles. The normalized spacial score (nSPS) is 13.8. The maximum Gasteiger partial charge on any atom is 0.470 e. The monoisotopic (exact) mass is 377 g/mol. The zero-order valence-electron chi connectivity index (χ0n) is 13.1. The molecule has 0 radical (unpaired) electrons. The van der Waals surface area contributed by atoms with Crippen molar-refractivity contribution in [1.82, 2.24) is 5.32 Å². The minimum absolute atomic E-state index is 0.0655. The first kappa shape index (κ1) is 21.2. The van der Waals surface area contributed by atoms with Gasteiger partial charge >= 0.3 is 13.9 Å². The number of ether oxygens (including phenoxy) is 1. The zero-order valence-corrected chi connectivity index (χ0v) is 14.0. The predicted molar refractivity (Wildman–Crippen MR) is 84.3 cm³/mol. The van der Waals surface area contributed by atoms with Crippen molar-refractivity contribution in [2.75, 3.05) is 13.2 Å². The first-order valence-corrected chi connectivity index (χ1v) is 8.75. The summed E-state index contributed by atoms with van der Waals surface area (Å²) in [5.41, 5.74) is 0.795. The first-order chi connectivity index (χ1) is 11.7. The average molecular weight is 377 g/mol. The molecule has 10 nitrogen and oxygen atoms in total. The molecule has 0 aliphatic rings. The summed E-state index contributed by atoms with van der Waals surface area (Å²) >= 11 is 0. The molecule has 0 aliphatic heterocycles. The summed E-state index contributed by atoms with van der Waals surface area (Å²) in [5.74, 6) is -1.09. The van der Waals surface area contributed by atoms with Crippen molar-refractivity contribution in [1.29, 1.82) is 0 Å². The van der Waals surface area contributed by atoms with Crippen molar-refractivity contribution < 1.29 is 43.4 Å². The lowest BCUT2D eigenvalue weighted by atomic mass is 10.1. The number of rotatable bonds is 10. The van der Waals surface area contributed by atoms with Gasteiger partial charge in [0.1, 0.15) is 19.3 Å². The summed E-state index contributed by atoms with van der Waals surface area (Å²) < 4.78 is 19.3. The average Bonchev–Trinajstić information content (AvgIpc) is 2.57. The molecule has 0 bridgehead atoms. The van der Waals surface area contributed by atoms with Gasteiger partial charge in [0.2, 0.25) is 0 Å². The number of hydrogen-bond acceptors (Lipinski definition) is 7. The highest BCUT2D eigenvalue weighted by Crippen LogP contribution is 2.35. The summed E-state index contributed by atoms with van der Waals surface area (Å²) in [6, 6.07) is 8.96. The van der Waals surface area contributed by atoms with Gasteiger partial charge in [-0.1, -0.05) is 30.3 Å². The number of ketones is 1. The van der Waals surface area contributed by atoms with Crippen molar-refractivity contribution in [3.63, 3.8) is 0 Å². The van der Waals surface area contributed by atoms with Gasteiger partial charge in [-0.25, -0.2) is 9.36 Å². The molecule has 1 amide bonds. The van der Waals surface area contributed by atoms with Crippen LogP contribution in [0, 0.1) is 0 Å². The second kappa shape index (κ2) is 10.2. The molecule has 2 atom stereocenters. The number of nitrogens with one attached hydrogen (secondary N) is 1. The number of aliphatic hydroxyl groups excluding tert-OH is 2. The molecule has 11 heteroatoms. The molecule has 0 spiro atoms. The molecule has 0 heterocycles. The van der Waals surface area contributed by atoms with Gasteiger partial charge in [0.05, 0.1) is 6.10 Å². The van der Waals surface area contributed by atoms with Gasteiger partial charge < -0.3 is 30.1 Å². The van der Waals surface area contributed by atoms with E-state index in [4.69, 9.17) is 14.5 Å². The Hall–Kier alpha value is -1.81. The van der Waals surface area contributed by atoms with Crippen LogP contribution in [-0.2, 0) is 25.2 Å². The molecule has 1 unspecified atom stereocenters. The first-order valence-electron chi connectivity index (χ1n) is 7.22. The summed E-state index contributed by atoms with van der Waals surface area (Å²) in [5, 5.41) is 21.5. The third kappa shape index (κ3) is 9.30. The summed E-state index contributed by atoms with van der Waals surface area (Å²) in [6.07, 6.45) is -4.35. The lowest BCUT2D eigenvalue weighted by Crippen LogP contribution is -2.38. The van der Waals surface area contributed by atoms with E-state index in [1.807, 2.05) is 6.07 Å². The van der Waals surface area contributed by atoms with E-state index >= 15 is 0 Å². The van der Waals surface area contributed by atoms with Crippen molar-refractivity contribution in [2.24, 2.45) is 0 Å². The lowest BCUT2D eigenvalue weighted by Gasteiger charge is -2.17. The van der Waals surface area contributed by atoms with E-state index in [1.54, 1.807) is 24.3 Å². The van der Waals surface area contributed by atoms with Gasteiger partial charge in [-0.05, 0) is 12.0 Å². The number of phosphoric ester groups is 1. The van der Waals surface area contributed by atoms with Crippen molar-refractivity contribution in [3.8, 4) is 0 Å². The van der Waals surface area contributed by atoms with Crippen LogP contribution in [0.25, 0.3) is 0 Å². The lowest BCUT2D eigenvalue weighted by molar-refractivity contribution is -0.135. The van der Waals surface area contributed by atoms with E-state index in [0.29, 0.717) is 0 Å². The number of amides is 1. The second-order valence-corrected chi connectivity index (χ2v) is 6.26. The predicted octanol–water partition coefficient (Wildman–Crippen LogP) is -0.297. The SMILES string of the molecule is O=C(NCCC(O)[C@H](O)C(=O)COP(=O)(O)O)OCc1ccccc1. The Kier molecular flexibility index (Phi) is 8.70. The molecule has 25 heavy (non-hydrogen) atoms. The van der Waals surface area contributed by atoms with E-state index in [-0.39, 0.29) is 19.6 Å². The maximum atomic E-state index is 11.5. The largest absolute Gasteiger partial charge is 0.470 e. The quantitative estimate of drug-likeness (QED) is 0.345. The standard InChI is InChI=1S/C14H20NO9P/c16-11(13(18)12(17)9-24-25(20,21)22)6-7-15-14(19)23-8-10-4-2-1-3-5-10/h1-5,11,13,16,18H,6-9H2,(H,15,19)(H2,20,21,22)/t11?,13-/m0/s1. The summed E-state index contributed by atoms with van der Waals surface area (Å²) in [7, 11) is -4.84. The molecule has 0 aliphatic carbocycles. The molecule has 0 fully saturated rings. The molecule has 1 rings (SSSR count). The number of Topliss-reactive ketones (excluding diaryl/α,β-unsaturated/α-hetero) is 1. The summed E-state index contributed by atoms with van der Waals surface area (Å²) in [6.45, 7) is -1.07. The van der Waals surface area contributed by atoms with E-state index in [9.17, 15) is 24.4 Å². The smallest absolute Gasteiger partial charge is 0.445 e. The van der Waals surface area contributed by atoms with Gasteiger partial charge in [0.25, 0.3) is 0 Å². The van der Waals surface area contributed by atoms with Crippen molar-refractivity contribution in [3.05, 3.63) is 35.9 Å². The van der Waals surface area contributed by atoms with Crippen LogP contribution in [0.5, 0.6) is 0 Å². The third-order valence-electron chi connectivity index (χ3n) is 2.99. The van der Waals surface area contributed by atoms with Gasteiger partial charge in [0, 0.05) is 6.54 Å². The minimum Gasteiger partial charge on any atom is -0.445 e. The highest BCUT2D eigenvalue weighted by atomic mass is 31.2. The van der Waals surface area contributed by atoms with Crippen molar-refractivity contribution >= 4 is 19.7 Å². The van der Waals surface area contributed by atoms with Crippen LogP contribution in [0.4, 0.5) is 4.79 Å². The number of carbonyl (C=O) groups excluding carboxylic acids is 2. The van der Waals surface area contributed by atoms with Crippen LogP contribution in [0.2, 0.25) is 0 Å². The zero-order chi connectivity index (χ0) is 18.9. The number of hydrogen-bond donors (Lipinski definition) is 5. The Morgan fingerprint density at radius 3 is 2.40 bits per heavy atom. The number of carbonyl (C=O) groups is 2. The Morgan fingerprint density at radius 2 is 1.80 bits per heavy atom. The molecular weight excluding hydrogens is 357 g/mol. The topological polar surface area (TPSA) is 163 Å². The van der Waals surface area contributed by atoms with Gasteiger partial charge in [-0.2, -0.15) is 0 Å². The number of aliphatic hydroxyl groups is 2. The fourth-order valence-electron chi connectivity index (χ4n) is 1.70. The fourth-order valence-corrected chi connectivity index (χ4v) is 2.00. The molecule has 140 valence electrons. The van der Waals surface area contributed by atoms with E-state index in [1.165, 1.54) is 0 Å². The van der Waals surface area contributed by atoms with Crippen LogP contribution in [0.1, 0.15) is 12.0 Å². The fraction of sp³-hybridized carbons (Fsp3) is 0.429. The van der Waals surface area contributed by atoms with Crippen LogP contribution >= 0.6 is 7.82 Å². The van der Waals surface area contributed by atoms with E-state index in [0.717, 1.165) is 5.56 Å². The molecule has 0 saturated heterocycles. The minimum atomic E-state index is -4.84. The Balaban J connectivity index is 2.24. The van der Waals surface area contributed by atoms with Crippen LogP contribution in [-0.4, -0.2) is 57.2 Å². The van der Waals surface area contributed by atoms with Gasteiger partial charge in [-0.3, -0.25) is 9.32 Å². The van der Waals surface area contributed by atoms with Gasteiger partial charge in [0.15, 0.2) is 5.78 Å². The summed E-state index contributed by atoms with van der Waals surface area (Å²) in [4.78, 5) is 39.8. The Morgan fingerprint density at radius 1 is 1.16 bits per heavy atom. The molecular formula is C14H20NO9P. The number of phosphoric acid groups is 1. The number of alkyl carbamates (subject to hydrolysis) is 1. The van der Waals surface area contributed by atoms with Crippen LogP contribution in [0.3, 0.4) is 0 Å². The highest BCUT2D eigenvalue weighted by molar-refractivity contribution is 7.46. The van der Waals surface area contributed by atoms with Crippen LogP contribution in [0.15, 0.2) is 30.3 Å². The maximum absolute atomic E-state index is 11.5. The van der Waals surface area contributed by atoms with Crippen molar-refractivity contribution in [2.45, 2.75) is 25.2 Å². The highest BCUT2D eigenvalue weighted by Gasteiger charge is 2.26. The van der Waals surface area contributed by atoms with E-state index in [2.05, 4.69) is 9.84 Å². The molecule has 1 aromatic rings. The van der Waals surface area contributed by atoms with Crippen LogP contribution < -0.4 is 5.32 Å². The van der Waals surface area contributed by atoms with Gasteiger partial charge in [-0.15, -0.1) is 0 Å². The van der Waals surface area contributed by atoms with E-state index < -0.39 is 38.5 Å². The molecule has 0 aromatic heterocycles. The number of benzene rings is 1. The Labute approximate surface area is 143 Å². The molecule has 5 N–H and O–H groups in total. The molecule has 1 aromatic carbocycles. The second-order valence-electron chi connectivity index (χ2n) is 5.02. The third-order valence-corrected chi connectivity index (χ3v) is 3.46. The Bertz CT molecular complexity index is 604.